The lowest BCUT2D eigenvalue weighted by molar-refractivity contribution is 0.512. The number of hydrogen-bond acceptors (Lipinski definition) is 5. The second kappa shape index (κ2) is 4.75. The van der Waals surface area contributed by atoms with Gasteiger partial charge in [0.2, 0.25) is 0 Å². The number of nitrogens with one attached hydrogen (secondary N) is 1. The molecule has 2 aromatic heterocycles. The molecule has 5 nitrogen and oxygen atoms in total. The van der Waals surface area contributed by atoms with Gasteiger partial charge in [-0.15, -0.1) is 0 Å². The van der Waals surface area contributed by atoms with Crippen molar-refractivity contribution >= 4 is 5.69 Å². The molecule has 5 heteroatoms. The van der Waals surface area contributed by atoms with E-state index in [4.69, 9.17) is 8.83 Å². The number of rotatable bonds is 4. The molecule has 0 aliphatic carbocycles. The lowest BCUT2D eigenvalue weighted by Gasteiger charge is -2.04. The van der Waals surface area contributed by atoms with Crippen molar-refractivity contribution in [2.75, 3.05) is 5.32 Å². The van der Waals surface area contributed by atoms with Crippen LogP contribution in [0.3, 0.4) is 0 Å². The zero-order valence-electron chi connectivity index (χ0n) is 9.54. The van der Waals surface area contributed by atoms with Crippen LogP contribution in [0, 0.1) is 0 Å². The van der Waals surface area contributed by atoms with Crippen LogP contribution in [-0.4, -0.2) is 9.97 Å². The molecule has 0 bridgehead atoms. The Bertz CT molecular complexity index is 586. The Kier molecular flexibility index (Phi) is 2.79. The molecule has 1 aromatic carbocycles. The third-order valence-corrected chi connectivity index (χ3v) is 2.55. The summed E-state index contributed by atoms with van der Waals surface area (Å²) in [5.74, 6) is 1.56. The van der Waals surface area contributed by atoms with Crippen LogP contribution in [0.25, 0.3) is 11.3 Å². The van der Waals surface area contributed by atoms with Gasteiger partial charge in [-0.2, -0.15) is 0 Å². The molecule has 18 heavy (non-hydrogen) atoms. The van der Waals surface area contributed by atoms with Crippen molar-refractivity contribution in [3.8, 4) is 11.3 Å². The van der Waals surface area contributed by atoms with Gasteiger partial charge in [-0.05, 0) is 24.3 Å². The first-order chi connectivity index (χ1) is 8.92. The van der Waals surface area contributed by atoms with Crippen LogP contribution in [0.5, 0.6) is 0 Å². The number of aromatic nitrogens is 2. The highest BCUT2D eigenvalue weighted by Gasteiger charge is 2.01. The molecule has 0 unspecified atom stereocenters. The second-order valence-corrected chi connectivity index (χ2v) is 3.76. The van der Waals surface area contributed by atoms with E-state index in [2.05, 4.69) is 15.3 Å². The predicted octanol–water partition coefficient (Wildman–Crippen LogP) is 2.94. The molecule has 1 N–H and O–H groups in total. The van der Waals surface area contributed by atoms with Gasteiger partial charge in [-0.1, -0.05) is 0 Å². The van der Waals surface area contributed by atoms with E-state index in [0.717, 1.165) is 22.8 Å². The van der Waals surface area contributed by atoms with Crippen molar-refractivity contribution in [3.63, 3.8) is 0 Å². The van der Waals surface area contributed by atoms with E-state index < -0.39 is 0 Å². The third kappa shape index (κ3) is 2.24. The van der Waals surface area contributed by atoms with Gasteiger partial charge in [0, 0.05) is 11.3 Å². The van der Waals surface area contributed by atoms with E-state index in [-0.39, 0.29) is 0 Å². The van der Waals surface area contributed by atoms with Gasteiger partial charge in [0.25, 0.3) is 0 Å². The summed E-state index contributed by atoms with van der Waals surface area (Å²) in [5, 5.41) is 3.24. The van der Waals surface area contributed by atoms with Crippen LogP contribution in [0.2, 0.25) is 0 Å². The van der Waals surface area contributed by atoms with E-state index in [1.165, 1.54) is 12.8 Å². The van der Waals surface area contributed by atoms with E-state index in [1.807, 2.05) is 24.3 Å². The molecule has 0 atom stereocenters. The number of oxazole rings is 2. The molecule has 0 amide bonds. The molecule has 0 fully saturated rings. The monoisotopic (exact) mass is 241 g/mol. The Labute approximate surface area is 103 Å². The van der Waals surface area contributed by atoms with Crippen LogP contribution < -0.4 is 5.32 Å². The first kappa shape index (κ1) is 10.6. The minimum Gasteiger partial charge on any atom is -0.447 e. The highest BCUT2D eigenvalue weighted by atomic mass is 16.3. The molecular weight excluding hydrogens is 230 g/mol. The van der Waals surface area contributed by atoms with E-state index >= 15 is 0 Å². The second-order valence-electron chi connectivity index (χ2n) is 3.76. The maximum atomic E-state index is 5.22. The van der Waals surface area contributed by atoms with Crippen molar-refractivity contribution in [3.05, 3.63) is 55.2 Å². The molecule has 3 aromatic rings. The average Bonchev–Trinajstić information content (AvgIpc) is 3.10. The summed E-state index contributed by atoms with van der Waals surface area (Å²) in [6.07, 6.45) is 6.22. The molecular formula is C13H11N3O2. The Morgan fingerprint density at radius 3 is 2.39 bits per heavy atom. The molecule has 0 radical (unpaired) electrons. The summed E-state index contributed by atoms with van der Waals surface area (Å²) in [6.45, 7) is 0.613. The number of hydrogen-bond donors (Lipinski definition) is 1. The number of nitrogens with zero attached hydrogens (tertiary/aromatic N) is 2. The maximum absolute atomic E-state index is 5.22. The van der Waals surface area contributed by atoms with Gasteiger partial charge in [-0.25, -0.2) is 9.97 Å². The number of anilines is 1. The minimum absolute atomic E-state index is 0.613. The minimum atomic E-state index is 0.613. The average molecular weight is 241 g/mol. The lowest BCUT2D eigenvalue weighted by atomic mass is 10.2. The summed E-state index contributed by atoms with van der Waals surface area (Å²) < 4.78 is 10.4. The Hall–Kier alpha value is -2.56. The van der Waals surface area contributed by atoms with Crippen LogP contribution in [0.4, 0.5) is 5.69 Å². The van der Waals surface area contributed by atoms with E-state index in [1.54, 1.807) is 12.4 Å². The molecule has 0 saturated carbocycles. The smallest absolute Gasteiger partial charge is 0.181 e. The van der Waals surface area contributed by atoms with Crippen molar-refractivity contribution in [1.82, 2.24) is 9.97 Å². The molecule has 0 aliphatic rings. The van der Waals surface area contributed by atoms with Gasteiger partial charge in [0.15, 0.2) is 18.5 Å². The molecule has 90 valence electrons. The Balaban J connectivity index is 1.68. The zero-order chi connectivity index (χ0) is 12.2. The van der Waals surface area contributed by atoms with Crippen LogP contribution in [0.1, 0.15) is 5.76 Å². The van der Waals surface area contributed by atoms with E-state index in [0.29, 0.717) is 6.54 Å². The summed E-state index contributed by atoms with van der Waals surface area (Å²) >= 11 is 0. The quantitative estimate of drug-likeness (QED) is 0.760. The van der Waals surface area contributed by atoms with Crippen LogP contribution in [0.15, 0.2) is 58.3 Å². The van der Waals surface area contributed by atoms with Crippen LogP contribution >= 0.6 is 0 Å². The predicted molar refractivity (Wildman–Crippen MR) is 65.8 cm³/mol. The van der Waals surface area contributed by atoms with Gasteiger partial charge in [0.1, 0.15) is 5.76 Å². The molecule has 0 aliphatic heterocycles. The van der Waals surface area contributed by atoms with Gasteiger partial charge < -0.3 is 14.2 Å². The fraction of sp³-hybridized carbons (Fsp3) is 0.0769. The van der Waals surface area contributed by atoms with Crippen molar-refractivity contribution in [2.24, 2.45) is 0 Å². The highest BCUT2D eigenvalue weighted by molar-refractivity contribution is 5.60. The summed E-state index contributed by atoms with van der Waals surface area (Å²) in [7, 11) is 0. The Morgan fingerprint density at radius 2 is 1.72 bits per heavy atom. The normalized spacial score (nSPS) is 10.4. The largest absolute Gasteiger partial charge is 0.447 e. The zero-order valence-corrected chi connectivity index (χ0v) is 9.54. The SMILES string of the molecule is c1ncc(CNc2ccc(-c3cnco3)cc2)o1. The molecule has 2 heterocycles. The molecule has 0 saturated heterocycles. The fourth-order valence-electron chi connectivity index (χ4n) is 1.63. The topological polar surface area (TPSA) is 64.1 Å². The van der Waals surface area contributed by atoms with Crippen molar-refractivity contribution in [2.45, 2.75) is 6.54 Å². The molecule has 3 rings (SSSR count). The van der Waals surface area contributed by atoms with Gasteiger partial charge >= 0.3 is 0 Å². The standard InChI is InChI=1S/C13H11N3O2/c1-3-11(16-6-12-5-14-8-17-12)4-2-10(1)13-7-15-9-18-13/h1-5,7-9,16H,6H2. The third-order valence-electron chi connectivity index (χ3n) is 2.55. The van der Waals surface area contributed by atoms with E-state index in [9.17, 15) is 0 Å². The van der Waals surface area contributed by atoms with Gasteiger partial charge in [0.05, 0.1) is 18.9 Å². The van der Waals surface area contributed by atoms with Gasteiger partial charge in [-0.3, -0.25) is 0 Å². The van der Waals surface area contributed by atoms with Crippen molar-refractivity contribution < 1.29 is 8.83 Å². The first-order valence-corrected chi connectivity index (χ1v) is 5.52. The summed E-state index contributed by atoms with van der Waals surface area (Å²) in [5.41, 5.74) is 2.01. The molecule has 0 spiro atoms. The Morgan fingerprint density at radius 1 is 0.944 bits per heavy atom. The number of benzene rings is 1. The summed E-state index contributed by atoms with van der Waals surface area (Å²) in [4.78, 5) is 7.75. The summed E-state index contributed by atoms with van der Waals surface area (Å²) in [6, 6.07) is 7.91. The maximum Gasteiger partial charge on any atom is 0.181 e. The van der Waals surface area contributed by atoms with Crippen LogP contribution in [-0.2, 0) is 6.54 Å². The fourth-order valence-corrected chi connectivity index (χ4v) is 1.63. The van der Waals surface area contributed by atoms with Crippen molar-refractivity contribution in [1.29, 1.82) is 0 Å². The first-order valence-electron chi connectivity index (χ1n) is 5.52. The highest BCUT2D eigenvalue weighted by Crippen LogP contribution is 2.20. The lowest BCUT2D eigenvalue weighted by Crippen LogP contribution is -1.97.